The second-order valence-electron chi connectivity index (χ2n) is 4.73. The summed E-state index contributed by atoms with van der Waals surface area (Å²) >= 11 is 6.19. The van der Waals surface area contributed by atoms with Crippen molar-refractivity contribution >= 4 is 17.3 Å². The lowest BCUT2D eigenvalue weighted by Gasteiger charge is -2.35. The van der Waals surface area contributed by atoms with Gasteiger partial charge in [-0.05, 0) is 23.8 Å². The van der Waals surface area contributed by atoms with Gasteiger partial charge in [0.25, 0.3) is 0 Å². The van der Waals surface area contributed by atoms with Gasteiger partial charge in [0.15, 0.2) is 0 Å². The van der Waals surface area contributed by atoms with E-state index in [2.05, 4.69) is 9.88 Å². The third-order valence-corrected chi connectivity index (χ3v) is 3.69. The highest BCUT2D eigenvalue weighted by Gasteiger charge is 2.23. The molecule has 1 N–H and O–H groups in total. The van der Waals surface area contributed by atoms with Gasteiger partial charge in [-0.3, -0.25) is 4.98 Å². The van der Waals surface area contributed by atoms with Crippen LogP contribution in [0.15, 0.2) is 42.7 Å². The Kier molecular flexibility index (Phi) is 3.76. The fraction of sp³-hybridized carbons (Fsp3) is 0.267. The van der Waals surface area contributed by atoms with Gasteiger partial charge in [0.2, 0.25) is 0 Å². The number of hydrogen-bond acceptors (Lipinski definition) is 4. The molecule has 0 saturated carbocycles. The summed E-state index contributed by atoms with van der Waals surface area (Å²) in [4.78, 5) is 6.19. The SMILES string of the molecule is Oc1cccc([C@@H]2CN(c3ccncc3Cl)CCO2)c1. The topological polar surface area (TPSA) is 45.6 Å². The van der Waals surface area contributed by atoms with Gasteiger partial charge in [0, 0.05) is 25.5 Å². The minimum absolute atomic E-state index is 0.0694. The van der Waals surface area contributed by atoms with Gasteiger partial charge in [-0.1, -0.05) is 23.7 Å². The molecule has 1 aliphatic rings. The molecule has 20 heavy (non-hydrogen) atoms. The molecule has 2 heterocycles. The van der Waals surface area contributed by atoms with Crippen LogP contribution in [0, 0.1) is 0 Å². The van der Waals surface area contributed by atoms with Crippen LogP contribution in [0.5, 0.6) is 5.75 Å². The van der Waals surface area contributed by atoms with E-state index in [-0.39, 0.29) is 11.9 Å². The molecule has 0 amide bonds. The Morgan fingerprint density at radius 2 is 2.25 bits per heavy atom. The van der Waals surface area contributed by atoms with Crippen molar-refractivity contribution in [1.29, 1.82) is 0 Å². The van der Waals surface area contributed by atoms with Gasteiger partial charge in [0.05, 0.1) is 17.3 Å². The van der Waals surface area contributed by atoms with E-state index in [1.807, 2.05) is 18.2 Å². The quantitative estimate of drug-likeness (QED) is 0.923. The number of anilines is 1. The van der Waals surface area contributed by atoms with Gasteiger partial charge >= 0.3 is 0 Å². The number of rotatable bonds is 2. The molecular weight excluding hydrogens is 276 g/mol. The molecule has 0 radical (unpaired) electrons. The van der Waals surface area contributed by atoms with E-state index in [9.17, 15) is 5.11 Å². The van der Waals surface area contributed by atoms with Crippen LogP contribution in [0.25, 0.3) is 0 Å². The van der Waals surface area contributed by atoms with Crippen LogP contribution in [0.2, 0.25) is 5.02 Å². The first-order chi connectivity index (χ1) is 9.74. The third-order valence-electron chi connectivity index (χ3n) is 3.40. The molecule has 1 aliphatic heterocycles. The molecule has 1 saturated heterocycles. The van der Waals surface area contributed by atoms with Crippen LogP contribution in [-0.4, -0.2) is 29.8 Å². The number of ether oxygens (including phenoxy) is 1. The van der Waals surface area contributed by atoms with E-state index in [0.29, 0.717) is 18.2 Å². The fourth-order valence-electron chi connectivity index (χ4n) is 2.42. The predicted octanol–water partition coefficient (Wildman–Crippen LogP) is 3.02. The highest BCUT2D eigenvalue weighted by atomic mass is 35.5. The summed E-state index contributed by atoms with van der Waals surface area (Å²) in [5.41, 5.74) is 1.94. The number of phenolic OH excluding ortho intramolecular Hbond substituents is 1. The molecule has 1 aromatic heterocycles. The van der Waals surface area contributed by atoms with E-state index in [1.165, 1.54) is 0 Å². The second-order valence-corrected chi connectivity index (χ2v) is 5.13. The lowest BCUT2D eigenvalue weighted by atomic mass is 10.1. The second kappa shape index (κ2) is 5.69. The number of nitrogens with zero attached hydrogens (tertiary/aromatic N) is 2. The summed E-state index contributed by atoms with van der Waals surface area (Å²) in [5, 5.41) is 10.2. The minimum Gasteiger partial charge on any atom is -0.508 e. The number of aromatic hydroxyl groups is 1. The Hall–Kier alpha value is -1.78. The average molecular weight is 291 g/mol. The molecule has 5 heteroatoms. The minimum atomic E-state index is -0.0694. The van der Waals surface area contributed by atoms with E-state index in [4.69, 9.17) is 16.3 Å². The van der Waals surface area contributed by atoms with Crippen LogP contribution in [0.1, 0.15) is 11.7 Å². The van der Waals surface area contributed by atoms with E-state index >= 15 is 0 Å². The first-order valence-electron chi connectivity index (χ1n) is 6.49. The zero-order chi connectivity index (χ0) is 13.9. The molecule has 1 atom stereocenters. The molecule has 0 bridgehead atoms. The maximum atomic E-state index is 9.57. The molecule has 2 aromatic rings. The van der Waals surface area contributed by atoms with Gasteiger partial charge in [0.1, 0.15) is 11.9 Å². The number of hydrogen-bond donors (Lipinski definition) is 1. The third kappa shape index (κ3) is 2.71. The Balaban J connectivity index is 1.82. The van der Waals surface area contributed by atoms with Crippen molar-refractivity contribution in [1.82, 2.24) is 4.98 Å². The maximum Gasteiger partial charge on any atom is 0.115 e. The monoisotopic (exact) mass is 290 g/mol. The lowest BCUT2D eigenvalue weighted by Crippen LogP contribution is -2.38. The van der Waals surface area contributed by atoms with Crippen molar-refractivity contribution < 1.29 is 9.84 Å². The number of benzene rings is 1. The van der Waals surface area contributed by atoms with Crippen LogP contribution in [0.3, 0.4) is 0 Å². The van der Waals surface area contributed by atoms with Crippen LogP contribution >= 0.6 is 11.6 Å². The van der Waals surface area contributed by atoms with Crippen molar-refractivity contribution in [2.75, 3.05) is 24.6 Å². The standard InChI is InChI=1S/C15H15ClN2O2/c16-13-9-17-5-4-14(13)18-6-7-20-15(10-18)11-2-1-3-12(19)8-11/h1-5,8-9,15,19H,6-7,10H2/t15-/m0/s1. The molecule has 4 nitrogen and oxygen atoms in total. The van der Waals surface area contributed by atoms with E-state index in [1.54, 1.807) is 24.5 Å². The highest BCUT2D eigenvalue weighted by Crippen LogP contribution is 2.30. The molecule has 0 aliphatic carbocycles. The Bertz CT molecular complexity index is 606. The first-order valence-corrected chi connectivity index (χ1v) is 6.87. The van der Waals surface area contributed by atoms with E-state index < -0.39 is 0 Å². The normalized spacial score (nSPS) is 19.1. The van der Waals surface area contributed by atoms with Crippen LogP contribution in [-0.2, 0) is 4.74 Å². The molecule has 1 aromatic carbocycles. The van der Waals surface area contributed by atoms with Crippen molar-refractivity contribution in [3.8, 4) is 5.75 Å². The molecule has 0 unspecified atom stereocenters. The summed E-state index contributed by atoms with van der Waals surface area (Å²) in [6, 6.07) is 9.09. The van der Waals surface area contributed by atoms with Gasteiger partial charge in [-0.15, -0.1) is 0 Å². The number of phenols is 1. The van der Waals surface area contributed by atoms with Crippen molar-refractivity contribution in [2.24, 2.45) is 0 Å². The van der Waals surface area contributed by atoms with Crippen molar-refractivity contribution in [3.05, 3.63) is 53.3 Å². The Labute approximate surface area is 122 Å². The number of aromatic nitrogens is 1. The van der Waals surface area contributed by atoms with Gasteiger partial charge in [-0.2, -0.15) is 0 Å². The Morgan fingerprint density at radius 3 is 3.05 bits per heavy atom. The maximum absolute atomic E-state index is 9.57. The van der Waals surface area contributed by atoms with Crippen LogP contribution in [0.4, 0.5) is 5.69 Å². The van der Waals surface area contributed by atoms with E-state index in [0.717, 1.165) is 17.8 Å². The van der Waals surface area contributed by atoms with Gasteiger partial charge in [-0.25, -0.2) is 0 Å². The van der Waals surface area contributed by atoms with Gasteiger partial charge < -0.3 is 14.7 Å². The lowest BCUT2D eigenvalue weighted by molar-refractivity contribution is 0.0397. The molecule has 3 rings (SSSR count). The largest absolute Gasteiger partial charge is 0.508 e. The number of morpholine rings is 1. The average Bonchev–Trinajstić information content (AvgIpc) is 2.48. The Morgan fingerprint density at radius 1 is 1.35 bits per heavy atom. The molecule has 104 valence electrons. The zero-order valence-corrected chi connectivity index (χ0v) is 11.6. The molecular formula is C15H15ClN2O2. The molecule has 1 fully saturated rings. The summed E-state index contributed by atoms with van der Waals surface area (Å²) in [6.07, 6.45) is 3.32. The number of halogens is 1. The molecule has 0 spiro atoms. The highest BCUT2D eigenvalue weighted by molar-refractivity contribution is 6.33. The summed E-state index contributed by atoms with van der Waals surface area (Å²) in [6.45, 7) is 2.12. The van der Waals surface area contributed by atoms with Crippen molar-refractivity contribution in [3.63, 3.8) is 0 Å². The number of pyridine rings is 1. The predicted molar refractivity (Wildman–Crippen MR) is 78.3 cm³/mol. The zero-order valence-electron chi connectivity index (χ0n) is 10.9. The fourth-order valence-corrected chi connectivity index (χ4v) is 2.66. The van der Waals surface area contributed by atoms with Crippen LogP contribution < -0.4 is 4.90 Å². The first kappa shape index (κ1) is 13.2. The smallest absolute Gasteiger partial charge is 0.115 e. The summed E-state index contributed by atoms with van der Waals surface area (Å²) in [7, 11) is 0. The van der Waals surface area contributed by atoms with Crippen molar-refractivity contribution in [2.45, 2.75) is 6.10 Å². The summed E-state index contributed by atoms with van der Waals surface area (Å²) < 4.78 is 5.80. The summed E-state index contributed by atoms with van der Waals surface area (Å²) in [5.74, 6) is 0.255.